The summed E-state index contributed by atoms with van der Waals surface area (Å²) in [6, 6.07) is 91.5. The molecule has 0 aliphatic rings. The van der Waals surface area contributed by atoms with Crippen molar-refractivity contribution in [3.05, 3.63) is 293 Å². The SMILES string of the molecule is Cc1ccc(-c2ccc3c(c2)c2cc(-c4ccc(C)cc4C)ccc2n3-c2ccccc2-c2ccc(-n3c4ccc(-c5ccc(C)cc5C)cc4c4cc(-c5ccc(C)cc5C)ccc43)c(-c3nc(-c4ccccc4)nc(-c4ccccc4)n3)c2)c(C)c1. The molecule has 3 aromatic heterocycles. The molecule has 0 unspecified atom stereocenters. The van der Waals surface area contributed by atoms with Crippen LogP contribution in [-0.4, -0.2) is 24.1 Å². The van der Waals surface area contributed by atoms with Crippen LogP contribution in [0.1, 0.15) is 44.5 Å². The second kappa shape index (κ2) is 21.6. The molecule has 0 saturated carbocycles. The Hall–Kier alpha value is -10.8. The van der Waals surface area contributed by atoms with Crippen molar-refractivity contribution in [1.29, 1.82) is 0 Å². The number of hydrogen-bond donors (Lipinski definition) is 0. The number of aryl methyl sites for hydroxylation is 8. The molecule has 0 fully saturated rings. The van der Waals surface area contributed by atoms with Gasteiger partial charge in [-0.25, -0.2) is 15.0 Å². The van der Waals surface area contributed by atoms with Crippen LogP contribution in [0.25, 0.3) is 145 Å². The van der Waals surface area contributed by atoms with E-state index in [0.717, 1.165) is 72.0 Å². The zero-order valence-electron chi connectivity index (χ0n) is 50.9. The quantitative estimate of drug-likeness (QED) is 0.137. The van der Waals surface area contributed by atoms with Crippen LogP contribution in [0.2, 0.25) is 0 Å². The van der Waals surface area contributed by atoms with Crippen LogP contribution in [0.5, 0.6) is 0 Å². The highest BCUT2D eigenvalue weighted by Gasteiger charge is 2.24. The summed E-state index contributed by atoms with van der Waals surface area (Å²) in [4.78, 5) is 16.2. The van der Waals surface area contributed by atoms with Gasteiger partial charge >= 0.3 is 0 Å². The van der Waals surface area contributed by atoms with E-state index in [2.05, 4.69) is 277 Å². The van der Waals surface area contributed by atoms with Gasteiger partial charge in [0.25, 0.3) is 0 Å². The van der Waals surface area contributed by atoms with Gasteiger partial charge in [-0.2, -0.15) is 0 Å². The first-order valence-electron chi connectivity index (χ1n) is 30.5. The summed E-state index contributed by atoms with van der Waals surface area (Å²) in [5.74, 6) is 1.78. The fourth-order valence-corrected chi connectivity index (χ4v) is 13.7. The highest BCUT2D eigenvalue weighted by atomic mass is 15.1. The summed E-state index contributed by atoms with van der Waals surface area (Å²) in [6.07, 6.45) is 0. The molecule has 12 aromatic carbocycles. The Morgan fingerprint density at radius 2 is 0.523 bits per heavy atom. The van der Waals surface area contributed by atoms with Crippen molar-refractivity contribution in [2.75, 3.05) is 0 Å². The molecule has 15 aromatic rings. The molecule has 0 spiro atoms. The lowest BCUT2D eigenvalue weighted by Crippen LogP contribution is -2.04. The van der Waals surface area contributed by atoms with E-state index >= 15 is 0 Å². The molecule has 0 radical (unpaired) electrons. The molecule has 0 atom stereocenters. The van der Waals surface area contributed by atoms with Gasteiger partial charge in [0.05, 0.1) is 33.4 Å². The average Bonchev–Trinajstić information content (AvgIpc) is 1.65. The van der Waals surface area contributed by atoms with Crippen LogP contribution >= 0.6 is 0 Å². The van der Waals surface area contributed by atoms with Crippen LogP contribution in [-0.2, 0) is 0 Å². The van der Waals surface area contributed by atoms with E-state index in [1.54, 1.807) is 0 Å². The van der Waals surface area contributed by atoms with Gasteiger partial charge in [0.2, 0.25) is 0 Å². The van der Waals surface area contributed by atoms with E-state index in [4.69, 9.17) is 15.0 Å². The van der Waals surface area contributed by atoms with Crippen molar-refractivity contribution in [2.24, 2.45) is 0 Å². The van der Waals surface area contributed by atoms with E-state index in [0.29, 0.717) is 17.5 Å². The topological polar surface area (TPSA) is 48.5 Å². The Kier molecular flexibility index (Phi) is 13.3. The molecule has 5 nitrogen and oxygen atoms in total. The van der Waals surface area contributed by atoms with Gasteiger partial charge in [-0.15, -0.1) is 0 Å². The minimum absolute atomic E-state index is 0.575. The van der Waals surface area contributed by atoms with E-state index < -0.39 is 0 Å². The smallest absolute Gasteiger partial charge is 0.166 e. The maximum absolute atomic E-state index is 5.51. The molecule has 0 aliphatic carbocycles. The summed E-state index contributed by atoms with van der Waals surface area (Å²) in [5.41, 5.74) is 31.0. The van der Waals surface area contributed by atoms with Crippen LogP contribution in [0.15, 0.2) is 249 Å². The van der Waals surface area contributed by atoms with Gasteiger partial charge in [0.15, 0.2) is 17.5 Å². The minimum atomic E-state index is 0.575. The first-order chi connectivity index (χ1) is 42.9. The molecule has 422 valence electrons. The summed E-state index contributed by atoms with van der Waals surface area (Å²) < 4.78 is 4.91. The predicted octanol–water partition coefficient (Wildman–Crippen LogP) is 21.9. The lowest BCUT2D eigenvalue weighted by Gasteiger charge is -2.18. The Morgan fingerprint density at radius 3 is 0.886 bits per heavy atom. The maximum Gasteiger partial charge on any atom is 0.166 e. The summed E-state index contributed by atoms with van der Waals surface area (Å²) in [7, 11) is 0. The van der Waals surface area contributed by atoms with Crippen LogP contribution < -0.4 is 0 Å². The summed E-state index contributed by atoms with van der Waals surface area (Å²) in [5, 5.41) is 4.73. The van der Waals surface area contributed by atoms with Gasteiger partial charge in [0.1, 0.15) is 0 Å². The molecule has 0 saturated heterocycles. The maximum atomic E-state index is 5.51. The molecule has 0 N–H and O–H groups in total. The fraction of sp³-hybridized carbons (Fsp3) is 0.0964. The fourth-order valence-electron chi connectivity index (χ4n) is 13.7. The Balaban J connectivity index is 0.998. The van der Waals surface area contributed by atoms with Crippen molar-refractivity contribution in [2.45, 2.75) is 55.4 Å². The highest BCUT2D eigenvalue weighted by Crippen LogP contribution is 2.45. The Morgan fingerprint density at radius 1 is 0.216 bits per heavy atom. The lowest BCUT2D eigenvalue weighted by atomic mass is 9.95. The monoisotopic (exact) mass is 1130 g/mol. The van der Waals surface area contributed by atoms with Crippen molar-refractivity contribution < 1.29 is 0 Å². The van der Waals surface area contributed by atoms with Crippen LogP contribution in [0.4, 0.5) is 0 Å². The molecule has 88 heavy (non-hydrogen) atoms. The number of fused-ring (bicyclic) bond motifs is 6. The molecule has 15 rings (SSSR count). The second-order valence-electron chi connectivity index (χ2n) is 24.2. The summed E-state index contributed by atoms with van der Waals surface area (Å²) in [6.45, 7) is 17.5. The van der Waals surface area contributed by atoms with Gasteiger partial charge in [-0.3, -0.25) is 0 Å². The number of nitrogens with zero attached hydrogens (tertiary/aromatic N) is 5. The standard InChI is InChI=1S/C83H65N5/c1-50-23-32-65(54(5)41-50)60-27-36-76-70(45-60)71-46-61(66-33-24-51(2)42-55(66)6)28-37-77(71)87(76)75-22-16-15-21-69(75)64-31-40-80(74(49-64)83-85-81(58-17-11-9-12-18-58)84-82(86-83)59-19-13-10-14-20-59)88-78-38-29-62(67-34-25-52(3)43-56(67)7)47-72(78)73-48-63(30-39-79(73)88)68-35-26-53(4)44-57(68)8/h9-49H,1-8H3. The molecule has 3 heterocycles. The van der Waals surface area contributed by atoms with Crippen molar-refractivity contribution in [3.63, 3.8) is 0 Å². The van der Waals surface area contributed by atoms with Crippen molar-refractivity contribution >= 4 is 43.6 Å². The van der Waals surface area contributed by atoms with Crippen molar-refractivity contribution in [1.82, 2.24) is 24.1 Å². The van der Waals surface area contributed by atoms with E-state index in [1.165, 1.54) is 99.8 Å². The normalized spacial score (nSPS) is 11.6. The number of rotatable bonds is 10. The first-order valence-corrected chi connectivity index (χ1v) is 30.5. The first kappa shape index (κ1) is 53.9. The number of benzene rings is 12. The molecule has 0 bridgehead atoms. The van der Waals surface area contributed by atoms with E-state index in [9.17, 15) is 0 Å². The average molecular weight is 1130 g/mol. The van der Waals surface area contributed by atoms with Gasteiger partial charge in [0, 0.05) is 43.8 Å². The minimum Gasteiger partial charge on any atom is -0.309 e. The van der Waals surface area contributed by atoms with Crippen molar-refractivity contribution in [3.8, 4) is 101 Å². The Bertz CT molecular complexity index is 5020. The Labute approximate surface area is 514 Å². The second-order valence-corrected chi connectivity index (χ2v) is 24.2. The third-order valence-electron chi connectivity index (χ3n) is 17.9. The molecular formula is C83H65N5. The molecule has 0 amide bonds. The van der Waals surface area contributed by atoms with Gasteiger partial charge in [-0.05, 0) is 194 Å². The third kappa shape index (κ3) is 9.47. The number of hydrogen-bond acceptors (Lipinski definition) is 3. The van der Waals surface area contributed by atoms with Crippen LogP contribution in [0, 0.1) is 55.4 Å². The zero-order chi connectivity index (χ0) is 59.9. The predicted molar refractivity (Wildman–Crippen MR) is 370 cm³/mol. The number of aromatic nitrogens is 5. The largest absolute Gasteiger partial charge is 0.309 e. The molecule has 5 heteroatoms. The molecular weight excluding hydrogens is 1070 g/mol. The summed E-state index contributed by atoms with van der Waals surface area (Å²) >= 11 is 0. The number of para-hydroxylation sites is 1. The van der Waals surface area contributed by atoms with E-state index in [1.807, 2.05) is 36.4 Å². The zero-order valence-corrected chi connectivity index (χ0v) is 50.9. The molecule has 0 aliphatic heterocycles. The highest BCUT2D eigenvalue weighted by molar-refractivity contribution is 6.14. The third-order valence-corrected chi connectivity index (χ3v) is 17.9. The lowest BCUT2D eigenvalue weighted by molar-refractivity contribution is 1.06. The van der Waals surface area contributed by atoms with E-state index in [-0.39, 0.29) is 0 Å². The van der Waals surface area contributed by atoms with Crippen LogP contribution in [0.3, 0.4) is 0 Å². The van der Waals surface area contributed by atoms with Gasteiger partial charge < -0.3 is 9.13 Å². The van der Waals surface area contributed by atoms with Gasteiger partial charge in [-0.1, -0.05) is 204 Å².